The summed E-state index contributed by atoms with van der Waals surface area (Å²) in [5.41, 5.74) is 10.7. The van der Waals surface area contributed by atoms with Crippen molar-refractivity contribution >= 4 is 28.6 Å². The van der Waals surface area contributed by atoms with Crippen LogP contribution in [0.25, 0.3) is 16.8 Å². The first-order chi connectivity index (χ1) is 13.5. The van der Waals surface area contributed by atoms with Crippen molar-refractivity contribution in [3.05, 3.63) is 58.3 Å². The van der Waals surface area contributed by atoms with E-state index in [-0.39, 0.29) is 12.0 Å². The highest BCUT2D eigenvalue weighted by atomic mass is 32.1. The van der Waals surface area contributed by atoms with Crippen LogP contribution in [-0.4, -0.2) is 28.1 Å². The second-order valence-corrected chi connectivity index (χ2v) is 7.09. The highest BCUT2D eigenvalue weighted by Crippen LogP contribution is 2.37. The Morgan fingerprint density at radius 3 is 2.57 bits per heavy atom. The minimum Gasteiger partial charge on any atom is -0.467 e. The van der Waals surface area contributed by atoms with Gasteiger partial charge in [-0.1, -0.05) is 12.1 Å². The van der Waals surface area contributed by atoms with E-state index in [0.717, 1.165) is 33.1 Å². The van der Waals surface area contributed by atoms with Crippen molar-refractivity contribution in [3.63, 3.8) is 0 Å². The topological polar surface area (TPSA) is 115 Å². The number of carbonyl (C=O) groups is 1. The summed E-state index contributed by atoms with van der Waals surface area (Å²) >= 11 is 1.51. The predicted molar refractivity (Wildman–Crippen MR) is 108 cm³/mol. The van der Waals surface area contributed by atoms with Crippen LogP contribution in [-0.2, 0) is 0 Å². The van der Waals surface area contributed by atoms with Gasteiger partial charge in [-0.3, -0.25) is 0 Å². The molecule has 3 aromatic rings. The largest absolute Gasteiger partial charge is 0.467 e. The molecule has 1 unspecified atom stereocenters. The van der Waals surface area contributed by atoms with Gasteiger partial charge in [0.15, 0.2) is 0 Å². The molecule has 1 atom stereocenters. The Kier molecular flexibility index (Phi) is 4.66. The molecule has 1 aliphatic rings. The van der Waals surface area contributed by atoms with Crippen molar-refractivity contribution < 1.29 is 9.53 Å². The Balaban J connectivity index is 1.73. The van der Waals surface area contributed by atoms with Gasteiger partial charge in [0.25, 0.3) is 0 Å². The molecule has 0 spiro atoms. The molecule has 3 heterocycles. The van der Waals surface area contributed by atoms with Crippen molar-refractivity contribution in [2.24, 2.45) is 0 Å². The maximum absolute atomic E-state index is 12.1. The van der Waals surface area contributed by atoms with E-state index in [4.69, 9.17) is 15.5 Å². The van der Waals surface area contributed by atoms with Crippen LogP contribution in [0.15, 0.2) is 47.7 Å². The molecule has 0 fully saturated rings. The Morgan fingerprint density at radius 1 is 1.18 bits per heavy atom. The third kappa shape index (κ3) is 3.39. The molecular weight excluding hydrogens is 376 g/mol. The third-order valence-electron chi connectivity index (χ3n) is 4.37. The normalized spacial score (nSPS) is 16.5. The molecule has 8 nitrogen and oxygen atoms in total. The number of anilines is 1. The number of allylic oxidation sites excluding steroid dienone is 1. The summed E-state index contributed by atoms with van der Waals surface area (Å²) in [7, 11) is 1.51. The van der Waals surface area contributed by atoms with Crippen molar-refractivity contribution in [1.29, 1.82) is 0 Å². The highest BCUT2D eigenvalue weighted by Gasteiger charge is 2.30. The molecule has 9 heteroatoms. The van der Waals surface area contributed by atoms with Crippen LogP contribution >= 0.6 is 11.3 Å². The van der Waals surface area contributed by atoms with Gasteiger partial charge in [0, 0.05) is 45.9 Å². The number of ether oxygens (including phenoxy) is 1. The molecular formula is C19H18N6O2S. The van der Waals surface area contributed by atoms with E-state index in [2.05, 4.69) is 20.6 Å². The summed E-state index contributed by atoms with van der Waals surface area (Å²) in [6.45, 7) is 1.86. The third-order valence-corrected chi connectivity index (χ3v) is 5.25. The van der Waals surface area contributed by atoms with Crippen molar-refractivity contribution in [3.8, 4) is 17.3 Å². The number of carbonyl (C=O) groups excluding carboxylic acids is 1. The van der Waals surface area contributed by atoms with Gasteiger partial charge in [-0.05, 0) is 19.1 Å². The number of benzene rings is 1. The minimum absolute atomic E-state index is 0.270. The van der Waals surface area contributed by atoms with Crippen LogP contribution in [0.4, 0.5) is 10.5 Å². The van der Waals surface area contributed by atoms with Gasteiger partial charge in [-0.15, -0.1) is 11.3 Å². The summed E-state index contributed by atoms with van der Waals surface area (Å²) in [6, 6.07) is 7.14. The Bertz CT molecular complexity index is 1040. The zero-order chi connectivity index (χ0) is 19.7. The van der Waals surface area contributed by atoms with Crippen molar-refractivity contribution in [2.75, 3.05) is 12.8 Å². The number of urea groups is 1. The maximum atomic E-state index is 12.1. The molecule has 0 saturated carbocycles. The predicted octanol–water partition coefficient (Wildman–Crippen LogP) is 2.98. The first-order valence-electron chi connectivity index (χ1n) is 8.51. The van der Waals surface area contributed by atoms with Gasteiger partial charge in [0.2, 0.25) is 0 Å². The summed E-state index contributed by atoms with van der Waals surface area (Å²) in [5, 5.41) is 8.54. The van der Waals surface area contributed by atoms with Crippen molar-refractivity contribution in [2.45, 2.75) is 13.0 Å². The van der Waals surface area contributed by atoms with Gasteiger partial charge in [-0.2, -0.15) is 0 Å². The number of nitrogen functional groups attached to an aromatic ring is 1. The number of rotatable bonds is 4. The van der Waals surface area contributed by atoms with Gasteiger partial charge >= 0.3 is 12.0 Å². The number of hydrogen-bond donors (Lipinski definition) is 3. The number of hydrogen-bond acceptors (Lipinski definition) is 7. The summed E-state index contributed by atoms with van der Waals surface area (Å²) in [6.07, 6.45) is 3.29. The van der Waals surface area contributed by atoms with Crippen LogP contribution in [0.5, 0.6) is 6.01 Å². The van der Waals surface area contributed by atoms with Crippen LogP contribution in [0, 0.1) is 0 Å². The SMILES string of the molecule is COc1ncc(C2NC(=O)NC(C)=C2c2nc(-c3ccc(N)cc3)cs2)cn1. The lowest BCUT2D eigenvalue weighted by Gasteiger charge is -2.27. The zero-order valence-electron chi connectivity index (χ0n) is 15.3. The molecule has 2 amide bonds. The van der Waals surface area contributed by atoms with Crippen LogP contribution in [0.3, 0.4) is 0 Å². The molecule has 0 aliphatic carbocycles. The Labute approximate surface area is 165 Å². The fourth-order valence-electron chi connectivity index (χ4n) is 2.99. The number of nitrogens with one attached hydrogen (secondary N) is 2. The number of nitrogens with zero attached hydrogens (tertiary/aromatic N) is 3. The number of methoxy groups -OCH3 is 1. The average Bonchev–Trinajstić information content (AvgIpc) is 3.17. The Morgan fingerprint density at radius 2 is 1.89 bits per heavy atom. The van der Waals surface area contributed by atoms with Crippen LogP contribution in [0.2, 0.25) is 0 Å². The quantitative estimate of drug-likeness (QED) is 0.586. The highest BCUT2D eigenvalue weighted by molar-refractivity contribution is 7.11. The minimum atomic E-state index is -0.412. The lowest BCUT2D eigenvalue weighted by atomic mass is 9.98. The standard InChI is InChI=1S/C19H18N6O2S/c1-10-15(17-24-14(9-28-17)11-3-5-13(20)6-4-11)16(25-18(26)23-10)12-7-21-19(27-2)22-8-12/h3-9,16H,20H2,1-2H3,(H2,23,25,26). The molecule has 0 radical (unpaired) electrons. The number of aromatic nitrogens is 3. The molecule has 2 aromatic heterocycles. The molecule has 1 aliphatic heterocycles. The van der Waals surface area contributed by atoms with E-state index in [0.29, 0.717) is 5.69 Å². The monoisotopic (exact) mass is 394 g/mol. The molecule has 1 aromatic carbocycles. The summed E-state index contributed by atoms with van der Waals surface area (Å²) in [5.74, 6) is 0. The summed E-state index contributed by atoms with van der Waals surface area (Å²) in [4.78, 5) is 25.2. The van der Waals surface area contributed by atoms with E-state index in [9.17, 15) is 4.79 Å². The Hall–Kier alpha value is -3.46. The smallest absolute Gasteiger partial charge is 0.319 e. The second kappa shape index (κ2) is 7.28. The zero-order valence-corrected chi connectivity index (χ0v) is 16.1. The molecule has 142 valence electrons. The molecule has 0 bridgehead atoms. The number of amides is 2. The van der Waals surface area contributed by atoms with Gasteiger partial charge < -0.3 is 21.1 Å². The van der Waals surface area contributed by atoms with Gasteiger partial charge in [0.1, 0.15) is 5.01 Å². The van der Waals surface area contributed by atoms with E-state index in [1.807, 2.05) is 36.6 Å². The lowest BCUT2D eigenvalue weighted by Crippen LogP contribution is -2.43. The van der Waals surface area contributed by atoms with Crippen molar-refractivity contribution in [1.82, 2.24) is 25.6 Å². The van der Waals surface area contributed by atoms with E-state index >= 15 is 0 Å². The maximum Gasteiger partial charge on any atom is 0.319 e. The first-order valence-corrected chi connectivity index (χ1v) is 9.39. The molecule has 0 saturated heterocycles. The van der Waals surface area contributed by atoms with E-state index in [1.165, 1.54) is 18.4 Å². The van der Waals surface area contributed by atoms with Crippen LogP contribution in [0.1, 0.15) is 23.5 Å². The number of thiazole rings is 1. The first kappa shape index (κ1) is 17.9. The van der Waals surface area contributed by atoms with Gasteiger partial charge in [-0.25, -0.2) is 19.7 Å². The van der Waals surface area contributed by atoms with Crippen LogP contribution < -0.4 is 21.1 Å². The molecule has 4 rings (SSSR count). The fraction of sp³-hybridized carbons (Fsp3) is 0.158. The van der Waals surface area contributed by atoms with E-state index < -0.39 is 6.04 Å². The molecule has 28 heavy (non-hydrogen) atoms. The lowest BCUT2D eigenvalue weighted by molar-refractivity contribution is 0.240. The fourth-order valence-corrected chi connectivity index (χ4v) is 3.95. The van der Waals surface area contributed by atoms with Gasteiger partial charge in [0.05, 0.1) is 18.8 Å². The summed E-state index contributed by atoms with van der Waals surface area (Å²) < 4.78 is 5.02. The number of nitrogens with two attached hydrogens (primary N) is 1. The molecule has 4 N–H and O–H groups in total. The average molecular weight is 394 g/mol. The van der Waals surface area contributed by atoms with E-state index in [1.54, 1.807) is 12.4 Å². The second-order valence-electron chi connectivity index (χ2n) is 6.23.